The van der Waals surface area contributed by atoms with E-state index >= 15 is 4.39 Å². The van der Waals surface area contributed by atoms with Gasteiger partial charge >= 0.3 is 6.16 Å². The SMILES string of the molecule is Nc1ncnc2c1c(I)cn2[C@@H]1O[C@H](CO)[C@H](OC(=O)OC2CCCCCC2)C1F. The molecule has 4 atom stereocenters. The number of nitrogens with zero attached hydrogens (tertiary/aromatic N) is 3. The third kappa shape index (κ3) is 4.19. The number of alkyl halides is 1. The molecular formula is C19H24FIN4O5. The molecular weight excluding hydrogens is 510 g/mol. The van der Waals surface area contributed by atoms with Crippen LogP contribution < -0.4 is 5.73 Å². The fourth-order valence-corrected chi connectivity index (χ4v) is 4.91. The molecule has 0 radical (unpaired) electrons. The van der Waals surface area contributed by atoms with Gasteiger partial charge in [-0.1, -0.05) is 12.8 Å². The van der Waals surface area contributed by atoms with Gasteiger partial charge in [0.1, 0.15) is 30.0 Å². The summed E-state index contributed by atoms with van der Waals surface area (Å²) in [6.07, 6.45) is 2.33. The summed E-state index contributed by atoms with van der Waals surface area (Å²) in [7, 11) is 0. The molecule has 1 unspecified atom stereocenters. The van der Waals surface area contributed by atoms with Crippen molar-refractivity contribution in [3.05, 3.63) is 16.1 Å². The summed E-state index contributed by atoms with van der Waals surface area (Å²) in [5, 5.41) is 10.3. The van der Waals surface area contributed by atoms with Gasteiger partial charge in [0.15, 0.2) is 18.5 Å². The van der Waals surface area contributed by atoms with Crippen LogP contribution in [0, 0.1) is 3.57 Å². The molecule has 3 N–H and O–H groups in total. The molecule has 30 heavy (non-hydrogen) atoms. The van der Waals surface area contributed by atoms with Crippen molar-refractivity contribution in [2.24, 2.45) is 0 Å². The first-order valence-electron chi connectivity index (χ1n) is 10.0. The Bertz CT molecular complexity index is 904. The Morgan fingerprint density at radius 1 is 1.30 bits per heavy atom. The van der Waals surface area contributed by atoms with Gasteiger partial charge in [-0.05, 0) is 48.3 Å². The van der Waals surface area contributed by atoms with Crippen molar-refractivity contribution in [3.63, 3.8) is 0 Å². The van der Waals surface area contributed by atoms with Crippen LogP contribution in [0.4, 0.5) is 15.0 Å². The highest BCUT2D eigenvalue weighted by Crippen LogP contribution is 2.38. The van der Waals surface area contributed by atoms with Crippen molar-refractivity contribution >= 4 is 45.6 Å². The Kier molecular flexibility index (Phi) is 6.58. The zero-order valence-electron chi connectivity index (χ0n) is 16.2. The van der Waals surface area contributed by atoms with Crippen LogP contribution in [-0.4, -0.2) is 56.9 Å². The largest absolute Gasteiger partial charge is 0.509 e. The van der Waals surface area contributed by atoms with E-state index in [4.69, 9.17) is 19.9 Å². The Hall–Kier alpha value is -1.73. The number of carbonyl (C=O) groups is 1. The van der Waals surface area contributed by atoms with E-state index in [1.807, 2.05) is 0 Å². The lowest BCUT2D eigenvalue weighted by atomic mass is 10.1. The van der Waals surface area contributed by atoms with E-state index in [-0.39, 0.29) is 11.9 Å². The smallest absolute Gasteiger partial charge is 0.431 e. The number of anilines is 1. The monoisotopic (exact) mass is 534 g/mol. The van der Waals surface area contributed by atoms with Gasteiger partial charge in [0.2, 0.25) is 0 Å². The number of aromatic nitrogens is 3. The molecule has 0 bridgehead atoms. The molecule has 9 nitrogen and oxygen atoms in total. The van der Waals surface area contributed by atoms with Crippen molar-refractivity contribution in [2.75, 3.05) is 12.3 Å². The summed E-state index contributed by atoms with van der Waals surface area (Å²) < 4.78 is 33.9. The molecule has 4 rings (SSSR count). The third-order valence-electron chi connectivity index (χ3n) is 5.61. The topological polar surface area (TPSA) is 122 Å². The van der Waals surface area contributed by atoms with Crippen molar-refractivity contribution < 1.29 is 28.5 Å². The van der Waals surface area contributed by atoms with E-state index < -0.39 is 37.4 Å². The lowest BCUT2D eigenvalue weighted by Crippen LogP contribution is -2.36. The minimum absolute atomic E-state index is 0.224. The Morgan fingerprint density at radius 3 is 2.73 bits per heavy atom. The van der Waals surface area contributed by atoms with Crippen LogP contribution in [0.15, 0.2) is 12.5 Å². The maximum atomic E-state index is 15.4. The van der Waals surface area contributed by atoms with Crippen molar-refractivity contribution in [3.8, 4) is 0 Å². The molecule has 2 aromatic rings. The van der Waals surface area contributed by atoms with Crippen LogP contribution in [0.1, 0.15) is 44.8 Å². The number of nitrogens with two attached hydrogens (primary N) is 1. The molecule has 0 spiro atoms. The number of carbonyl (C=O) groups excluding carboxylic acids is 1. The number of hydrogen-bond acceptors (Lipinski definition) is 8. The lowest BCUT2D eigenvalue weighted by molar-refractivity contribution is -0.0612. The van der Waals surface area contributed by atoms with E-state index in [0.717, 1.165) is 42.1 Å². The van der Waals surface area contributed by atoms with Crippen LogP contribution in [0.3, 0.4) is 0 Å². The standard InChI is InChI=1S/C19H24FIN4O5/c20-14-15(30-19(27)28-10-5-3-1-2-4-6-10)12(8-26)29-18(14)25-7-11(21)13-16(22)23-9-24-17(13)25/h7,9-10,12,14-15,18,26H,1-6,8H2,(H2,22,23,24)/t12-,14?,15+,18-/m1/s1. The molecule has 1 saturated carbocycles. The number of fused-ring (bicyclic) bond motifs is 1. The normalized spacial score (nSPS) is 27.8. The van der Waals surface area contributed by atoms with E-state index in [2.05, 4.69) is 32.6 Å². The Labute approximate surface area is 186 Å². The highest BCUT2D eigenvalue weighted by atomic mass is 127. The number of nitrogen functional groups attached to an aromatic ring is 1. The van der Waals surface area contributed by atoms with Crippen LogP contribution in [0.25, 0.3) is 11.0 Å². The predicted molar refractivity (Wildman–Crippen MR) is 113 cm³/mol. The van der Waals surface area contributed by atoms with Gasteiger partial charge in [-0.3, -0.25) is 0 Å². The average Bonchev–Trinajstić information content (AvgIpc) is 3.08. The molecule has 1 aliphatic heterocycles. The van der Waals surface area contributed by atoms with E-state index in [0.29, 0.717) is 11.0 Å². The zero-order valence-corrected chi connectivity index (χ0v) is 18.4. The molecule has 3 heterocycles. The van der Waals surface area contributed by atoms with Gasteiger partial charge in [0.05, 0.1) is 12.0 Å². The second kappa shape index (κ2) is 9.18. The van der Waals surface area contributed by atoms with Crippen molar-refractivity contribution in [2.45, 2.75) is 69.2 Å². The number of hydrogen-bond donors (Lipinski definition) is 2. The first-order chi connectivity index (χ1) is 14.5. The quantitative estimate of drug-likeness (QED) is 0.349. The summed E-state index contributed by atoms with van der Waals surface area (Å²) in [6, 6.07) is 0. The fourth-order valence-electron chi connectivity index (χ4n) is 4.10. The fraction of sp³-hybridized carbons (Fsp3) is 0.632. The predicted octanol–water partition coefficient (Wildman–Crippen LogP) is 3.09. The number of ether oxygens (including phenoxy) is 3. The van der Waals surface area contributed by atoms with Crippen LogP contribution in [-0.2, 0) is 14.2 Å². The van der Waals surface area contributed by atoms with E-state index in [1.165, 1.54) is 10.9 Å². The Morgan fingerprint density at radius 2 is 2.03 bits per heavy atom. The molecule has 2 aliphatic rings. The minimum Gasteiger partial charge on any atom is -0.431 e. The van der Waals surface area contributed by atoms with Gasteiger partial charge in [-0.25, -0.2) is 19.2 Å². The molecule has 11 heteroatoms. The molecule has 0 aromatic carbocycles. The summed E-state index contributed by atoms with van der Waals surface area (Å²) in [5.74, 6) is 0.273. The zero-order chi connectivity index (χ0) is 21.3. The molecule has 1 aliphatic carbocycles. The Balaban J connectivity index is 1.51. The van der Waals surface area contributed by atoms with Gasteiger partial charge in [-0.15, -0.1) is 0 Å². The molecule has 2 aromatic heterocycles. The third-order valence-corrected chi connectivity index (χ3v) is 6.43. The highest BCUT2D eigenvalue weighted by Gasteiger charge is 2.49. The maximum Gasteiger partial charge on any atom is 0.509 e. The van der Waals surface area contributed by atoms with Gasteiger partial charge in [0, 0.05) is 9.77 Å². The molecule has 2 fully saturated rings. The second-order valence-corrected chi connectivity index (χ2v) is 8.76. The number of aliphatic hydroxyl groups is 1. The average molecular weight is 534 g/mol. The molecule has 1 saturated heterocycles. The summed E-state index contributed by atoms with van der Waals surface area (Å²) in [6.45, 7) is -0.508. The van der Waals surface area contributed by atoms with Gasteiger partial charge < -0.3 is 29.6 Å². The maximum absolute atomic E-state index is 15.4. The van der Waals surface area contributed by atoms with Crippen LogP contribution in [0.2, 0.25) is 0 Å². The van der Waals surface area contributed by atoms with E-state index in [9.17, 15) is 9.90 Å². The number of halogens is 2. The van der Waals surface area contributed by atoms with E-state index in [1.54, 1.807) is 6.20 Å². The molecule has 0 amide bonds. The second-order valence-electron chi connectivity index (χ2n) is 7.60. The van der Waals surface area contributed by atoms with Crippen molar-refractivity contribution in [1.29, 1.82) is 0 Å². The van der Waals surface area contributed by atoms with Crippen LogP contribution >= 0.6 is 22.6 Å². The van der Waals surface area contributed by atoms with Gasteiger partial charge in [-0.2, -0.15) is 0 Å². The van der Waals surface area contributed by atoms with Crippen molar-refractivity contribution in [1.82, 2.24) is 14.5 Å². The van der Waals surface area contributed by atoms with Crippen LogP contribution in [0.5, 0.6) is 0 Å². The minimum atomic E-state index is -1.73. The first kappa shape index (κ1) is 21.5. The first-order valence-corrected chi connectivity index (χ1v) is 11.1. The number of rotatable bonds is 4. The lowest BCUT2D eigenvalue weighted by Gasteiger charge is -2.20. The summed E-state index contributed by atoms with van der Waals surface area (Å²) in [5.41, 5.74) is 6.32. The number of aliphatic hydroxyl groups excluding tert-OH is 1. The van der Waals surface area contributed by atoms with Gasteiger partial charge in [0.25, 0.3) is 0 Å². The molecule has 164 valence electrons. The summed E-state index contributed by atoms with van der Waals surface area (Å²) in [4.78, 5) is 20.5. The highest BCUT2D eigenvalue weighted by molar-refractivity contribution is 14.1. The summed E-state index contributed by atoms with van der Waals surface area (Å²) >= 11 is 2.06.